The molecule has 0 aliphatic rings. The second-order valence-electron chi connectivity index (χ2n) is 5.12. The molecule has 0 saturated carbocycles. The average Bonchev–Trinajstić information content (AvgIpc) is 2.43. The van der Waals surface area contributed by atoms with E-state index in [2.05, 4.69) is 29.1 Å². The van der Waals surface area contributed by atoms with E-state index in [9.17, 15) is 10.1 Å². The molecule has 20 heavy (non-hydrogen) atoms. The summed E-state index contributed by atoms with van der Waals surface area (Å²) in [6.07, 6.45) is 2.23. The van der Waals surface area contributed by atoms with E-state index in [0.717, 1.165) is 16.6 Å². The molecule has 1 atom stereocenters. The number of non-ortho nitro benzene ring substituents is 1. The Bertz CT molecular complexity index is 628. The molecule has 0 saturated heterocycles. The molecule has 1 unspecified atom stereocenters. The molecule has 0 amide bonds. The van der Waals surface area contributed by atoms with Gasteiger partial charge in [0.25, 0.3) is 5.69 Å². The van der Waals surface area contributed by atoms with Crippen molar-refractivity contribution in [3.05, 3.63) is 40.3 Å². The third-order valence-electron chi connectivity index (χ3n) is 3.50. The minimum atomic E-state index is -0.395. The number of aromatic nitrogens is 2. The highest BCUT2D eigenvalue weighted by atomic mass is 16.6. The van der Waals surface area contributed by atoms with Gasteiger partial charge in [-0.25, -0.2) is 9.97 Å². The van der Waals surface area contributed by atoms with Crippen LogP contribution in [-0.2, 0) is 6.42 Å². The van der Waals surface area contributed by atoms with Crippen LogP contribution in [0, 0.1) is 16.0 Å². The van der Waals surface area contributed by atoms with Gasteiger partial charge in [0.1, 0.15) is 6.33 Å². The molecule has 6 heteroatoms. The Morgan fingerprint density at radius 2 is 2.10 bits per heavy atom. The first-order valence-corrected chi connectivity index (χ1v) is 6.58. The quantitative estimate of drug-likeness (QED) is 0.668. The van der Waals surface area contributed by atoms with Crippen LogP contribution in [-0.4, -0.2) is 28.0 Å². The molecule has 1 aromatic heterocycles. The van der Waals surface area contributed by atoms with Crippen LogP contribution in [0.1, 0.15) is 19.5 Å². The molecule has 6 nitrogen and oxygen atoms in total. The van der Waals surface area contributed by atoms with Gasteiger partial charge in [-0.3, -0.25) is 10.1 Å². The number of rotatable bonds is 5. The standard InChI is InChI=1S/C14H18N4O2/c1-9(2)13(15-3)7-14-11-6-10(18(19)20)4-5-12(11)16-8-17-14/h4-6,8-9,13,15H,7H2,1-3H3. The third-order valence-corrected chi connectivity index (χ3v) is 3.50. The van der Waals surface area contributed by atoms with Crippen LogP contribution in [0.4, 0.5) is 5.69 Å². The van der Waals surface area contributed by atoms with Crippen molar-refractivity contribution in [3.8, 4) is 0 Å². The summed E-state index contributed by atoms with van der Waals surface area (Å²) >= 11 is 0. The lowest BCUT2D eigenvalue weighted by atomic mass is 9.97. The number of nitrogens with one attached hydrogen (secondary N) is 1. The molecular weight excluding hydrogens is 256 g/mol. The second kappa shape index (κ2) is 5.92. The summed E-state index contributed by atoms with van der Waals surface area (Å²) in [7, 11) is 1.91. The summed E-state index contributed by atoms with van der Waals surface area (Å²) in [4.78, 5) is 19.0. The minimum Gasteiger partial charge on any atom is -0.316 e. The summed E-state index contributed by atoms with van der Waals surface area (Å²) in [6.45, 7) is 4.26. The predicted molar refractivity (Wildman–Crippen MR) is 77.6 cm³/mol. The van der Waals surface area contributed by atoms with Crippen molar-refractivity contribution in [2.45, 2.75) is 26.3 Å². The fourth-order valence-electron chi connectivity index (χ4n) is 2.25. The van der Waals surface area contributed by atoms with E-state index in [1.165, 1.54) is 12.4 Å². The van der Waals surface area contributed by atoms with Gasteiger partial charge in [-0.05, 0) is 19.0 Å². The van der Waals surface area contributed by atoms with Gasteiger partial charge in [-0.15, -0.1) is 0 Å². The van der Waals surface area contributed by atoms with Crippen molar-refractivity contribution in [2.75, 3.05) is 7.05 Å². The van der Waals surface area contributed by atoms with E-state index >= 15 is 0 Å². The zero-order valence-electron chi connectivity index (χ0n) is 11.8. The Kier molecular flexibility index (Phi) is 4.24. The van der Waals surface area contributed by atoms with Gasteiger partial charge in [0.15, 0.2) is 0 Å². The van der Waals surface area contributed by atoms with Crippen molar-refractivity contribution < 1.29 is 4.92 Å². The van der Waals surface area contributed by atoms with Crippen molar-refractivity contribution in [2.24, 2.45) is 5.92 Å². The molecule has 0 spiro atoms. The number of benzene rings is 1. The van der Waals surface area contributed by atoms with Crippen LogP contribution in [0.15, 0.2) is 24.5 Å². The van der Waals surface area contributed by atoms with E-state index in [-0.39, 0.29) is 11.7 Å². The van der Waals surface area contributed by atoms with Gasteiger partial charge >= 0.3 is 0 Å². The van der Waals surface area contributed by atoms with Crippen LogP contribution in [0.25, 0.3) is 10.9 Å². The Balaban J connectivity index is 2.46. The minimum absolute atomic E-state index is 0.0686. The number of nitro benzene ring substituents is 1. The second-order valence-corrected chi connectivity index (χ2v) is 5.12. The maximum absolute atomic E-state index is 10.9. The molecule has 0 aliphatic carbocycles. The SMILES string of the molecule is CNC(Cc1ncnc2ccc([N+](=O)[O-])cc12)C(C)C. The number of likely N-dealkylation sites (N-methyl/N-ethyl adjacent to an activating group) is 1. The number of hydrogen-bond donors (Lipinski definition) is 1. The van der Waals surface area contributed by atoms with E-state index in [1.54, 1.807) is 12.1 Å². The molecule has 1 aromatic carbocycles. The number of nitrogens with zero attached hydrogens (tertiary/aromatic N) is 3. The summed E-state index contributed by atoms with van der Waals surface area (Å²) in [5.74, 6) is 0.448. The van der Waals surface area contributed by atoms with Crippen molar-refractivity contribution in [1.29, 1.82) is 0 Å². The van der Waals surface area contributed by atoms with E-state index in [1.807, 2.05) is 7.05 Å². The number of fused-ring (bicyclic) bond motifs is 1. The lowest BCUT2D eigenvalue weighted by Gasteiger charge is -2.20. The van der Waals surface area contributed by atoms with Gasteiger partial charge < -0.3 is 5.32 Å². The Morgan fingerprint density at radius 3 is 2.70 bits per heavy atom. The fraction of sp³-hybridized carbons (Fsp3) is 0.429. The zero-order valence-corrected chi connectivity index (χ0v) is 11.8. The molecule has 1 N–H and O–H groups in total. The number of hydrogen-bond acceptors (Lipinski definition) is 5. The molecular formula is C14H18N4O2. The fourth-order valence-corrected chi connectivity index (χ4v) is 2.25. The van der Waals surface area contributed by atoms with Crippen LogP contribution in [0.3, 0.4) is 0 Å². The molecule has 0 fully saturated rings. The summed E-state index contributed by atoms with van der Waals surface area (Å²) in [6, 6.07) is 4.96. The molecule has 106 valence electrons. The van der Waals surface area contributed by atoms with Crippen molar-refractivity contribution >= 4 is 16.6 Å². The Hall–Kier alpha value is -2.08. The van der Waals surface area contributed by atoms with Crippen molar-refractivity contribution in [1.82, 2.24) is 15.3 Å². The van der Waals surface area contributed by atoms with Gasteiger partial charge in [0, 0.05) is 30.0 Å². The molecule has 0 aliphatic heterocycles. The Labute approximate surface area is 117 Å². The topological polar surface area (TPSA) is 81.0 Å². The molecule has 0 bridgehead atoms. The van der Waals surface area contributed by atoms with Gasteiger partial charge in [0.05, 0.1) is 16.1 Å². The van der Waals surface area contributed by atoms with Crippen molar-refractivity contribution in [3.63, 3.8) is 0 Å². The summed E-state index contributed by atoms with van der Waals surface area (Å²) in [5.41, 5.74) is 1.64. The number of nitro groups is 1. The first-order chi connectivity index (χ1) is 9.52. The van der Waals surface area contributed by atoms with Crippen LogP contribution in [0.2, 0.25) is 0 Å². The largest absolute Gasteiger partial charge is 0.316 e. The van der Waals surface area contributed by atoms with E-state index < -0.39 is 4.92 Å². The smallest absolute Gasteiger partial charge is 0.270 e. The van der Waals surface area contributed by atoms with Crippen LogP contribution < -0.4 is 5.32 Å². The zero-order chi connectivity index (χ0) is 14.7. The maximum Gasteiger partial charge on any atom is 0.270 e. The van der Waals surface area contributed by atoms with Gasteiger partial charge in [-0.1, -0.05) is 13.8 Å². The normalized spacial score (nSPS) is 12.8. The van der Waals surface area contributed by atoms with Gasteiger partial charge in [0.2, 0.25) is 0 Å². The first kappa shape index (κ1) is 14.3. The molecule has 1 heterocycles. The Morgan fingerprint density at radius 1 is 1.35 bits per heavy atom. The molecule has 2 rings (SSSR count). The predicted octanol–water partition coefficient (Wildman–Crippen LogP) is 2.32. The molecule has 0 radical (unpaired) electrons. The third kappa shape index (κ3) is 2.91. The first-order valence-electron chi connectivity index (χ1n) is 6.58. The monoisotopic (exact) mass is 274 g/mol. The lowest BCUT2D eigenvalue weighted by Crippen LogP contribution is -2.33. The summed E-state index contributed by atoms with van der Waals surface area (Å²) < 4.78 is 0. The van der Waals surface area contributed by atoms with Crippen LogP contribution >= 0.6 is 0 Å². The van der Waals surface area contributed by atoms with Crippen LogP contribution in [0.5, 0.6) is 0 Å². The summed E-state index contributed by atoms with van der Waals surface area (Å²) in [5, 5.41) is 14.9. The van der Waals surface area contributed by atoms with E-state index in [0.29, 0.717) is 12.3 Å². The highest BCUT2D eigenvalue weighted by Crippen LogP contribution is 2.22. The highest BCUT2D eigenvalue weighted by Gasteiger charge is 2.16. The maximum atomic E-state index is 10.9. The average molecular weight is 274 g/mol. The lowest BCUT2D eigenvalue weighted by molar-refractivity contribution is -0.384. The highest BCUT2D eigenvalue weighted by molar-refractivity contribution is 5.83. The molecule has 2 aromatic rings. The van der Waals surface area contributed by atoms with E-state index in [4.69, 9.17) is 0 Å². The van der Waals surface area contributed by atoms with Gasteiger partial charge in [-0.2, -0.15) is 0 Å².